The Bertz CT molecular complexity index is 1200. The van der Waals surface area contributed by atoms with Gasteiger partial charge in [-0.05, 0) is 39.0 Å². The summed E-state index contributed by atoms with van der Waals surface area (Å²) < 4.78 is 6.96. The van der Waals surface area contributed by atoms with Gasteiger partial charge in [-0.15, -0.1) is 16.4 Å². The van der Waals surface area contributed by atoms with Gasteiger partial charge in [0.25, 0.3) is 11.7 Å². The number of fused-ring (bicyclic) bond motifs is 1. The summed E-state index contributed by atoms with van der Waals surface area (Å²) in [5.41, 5.74) is 4.39. The molecule has 0 atom stereocenters. The number of aryl methyl sites for hydroxylation is 3. The van der Waals surface area contributed by atoms with Gasteiger partial charge < -0.3 is 4.74 Å². The van der Waals surface area contributed by atoms with Gasteiger partial charge in [0, 0.05) is 22.3 Å². The molecule has 1 amide bonds. The second kappa shape index (κ2) is 7.01. The highest BCUT2D eigenvalue weighted by molar-refractivity contribution is 7.14. The van der Waals surface area contributed by atoms with Crippen LogP contribution < -0.4 is 10.1 Å². The van der Waals surface area contributed by atoms with Crippen molar-refractivity contribution in [2.24, 2.45) is 0 Å². The van der Waals surface area contributed by atoms with Crippen molar-refractivity contribution >= 4 is 28.2 Å². The average molecular weight is 394 g/mol. The van der Waals surface area contributed by atoms with Crippen LogP contribution in [0.25, 0.3) is 17.0 Å². The summed E-state index contributed by atoms with van der Waals surface area (Å²) >= 11 is 1.33. The normalized spacial score (nSPS) is 11.0. The molecule has 0 bridgehead atoms. The smallest absolute Gasteiger partial charge is 0.297 e. The van der Waals surface area contributed by atoms with E-state index in [0.29, 0.717) is 10.9 Å². The van der Waals surface area contributed by atoms with E-state index >= 15 is 0 Å². The summed E-state index contributed by atoms with van der Waals surface area (Å²) in [4.78, 5) is 25.6. The number of rotatable bonds is 4. The van der Waals surface area contributed by atoms with Gasteiger partial charge in [0.15, 0.2) is 5.13 Å². The molecule has 4 rings (SSSR count). The van der Waals surface area contributed by atoms with Crippen LogP contribution in [0, 0.1) is 20.8 Å². The summed E-state index contributed by atoms with van der Waals surface area (Å²) in [7, 11) is 1.62. The first-order valence-corrected chi connectivity index (χ1v) is 9.45. The van der Waals surface area contributed by atoms with Crippen molar-refractivity contribution in [1.29, 1.82) is 0 Å². The summed E-state index contributed by atoms with van der Waals surface area (Å²) in [5.74, 6) is 0.741. The maximum atomic E-state index is 12.6. The standard InChI is InChI=1S/C19H18N6O2S/c1-10-5-6-15(27-4)13(7-10)14-9-28-19(21-14)23-17(26)16-22-18-20-11(2)8-12(3)25(18)24-16/h5-9H,1-4H3,(H,21,23,26). The number of aromatic nitrogens is 5. The average Bonchev–Trinajstić information content (AvgIpc) is 3.28. The molecule has 28 heavy (non-hydrogen) atoms. The lowest BCUT2D eigenvalue weighted by atomic mass is 10.1. The van der Waals surface area contributed by atoms with E-state index in [1.807, 2.05) is 50.4 Å². The van der Waals surface area contributed by atoms with Crippen molar-refractivity contribution in [2.75, 3.05) is 12.4 Å². The van der Waals surface area contributed by atoms with Crippen molar-refractivity contribution < 1.29 is 9.53 Å². The number of carbonyl (C=O) groups excluding carboxylic acids is 1. The van der Waals surface area contributed by atoms with E-state index in [0.717, 1.165) is 34.0 Å². The number of nitrogens with one attached hydrogen (secondary N) is 1. The Kier molecular flexibility index (Phi) is 4.52. The van der Waals surface area contributed by atoms with Gasteiger partial charge in [0.1, 0.15) is 5.75 Å². The molecule has 0 radical (unpaired) electrons. The number of anilines is 1. The highest BCUT2D eigenvalue weighted by Crippen LogP contribution is 2.33. The molecule has 8 nitrogen and oxygen atoms in total. The third-order valence-corrected chi connectivity index (χ3v) is 4.93. The van der Waals surface area contributed by atoms with E-state index < -0.39 is 5.91 Å². The maximum absolute atomic E-state index is 12.6. The number of hydrogen-bond acceptors (Lipinski definition) is 7. The van der Waals surface area contributed by atoms with Crippen LogP contribution in [0.3, 0.4) is 0 Å². The molecule has 142 valence electrons. The molecule has 0 unspecified atom stereocenters. The van der Waals surface area contributed by atoms with Crippen LogP contribution in [0.5, 0.6) is 5.75 Å². The van der Waals surface area contributed by atoms with Crippen molar-refractivity contribution in [2.45, 2.75) is 20.8 Å². The molecule has 0 aliphatic carbocycles. The van der Waals surface area contributed by atoms with E-state index in [9.17, 15) is 4.79 Å². The molecule has 0 saturated carbocycles. The summed E-state index contributed by atoms with van der Waals surface area (Å²) in [6.45, 7) is 5.77. The number of benzene rings is 1. The van der Waals surface area contributed by atoms with Crippen LogP contribution in [0.4, 0.5) is 5.13 Å². The predicted molar refractivity (Wildman–Crippen MR) is 107 cm³/mol. The van der Waals surface area contributed by atoms with Crippen molar-refractivity contribution in [3.8, 4) is 17.0 Å². The molecule has 9 heteroatoms. The second-order valence-corrected chi connectivity index (χ2v) is 7.24. The lowest BCUT2D eigenvalue weighted by molar-refractivity contribution is 0.101. The SMILES string of the molecule is COc1ccc(C)cc1-c1csc(NC(=O)c2nc3nc(C)cc(C)n3n2)n1. The summed E-state index contributed by atoms with van der Waals surface area (Å²) in [6.07, 6.45) is 0. The van der Waals surface area contributed by atoms with E-state index in [2.05, 4.69) is 25.4 Å². The minimum absolute atomic E-state index is 0.0473. The topological polar surface area (TPSA) is 94.3 Å². The first kappa shape index (κ1) is 18.1. The molecule has 1 N–H and O–H groups in total. The number of amides is 1. The molecule has 0 aliphatic heterocycles. The van der Waals surface area contributed by atoms with Gasteiger partial charge in [-0.3, -0.25) is 10.1 Å². The summed E-state index contributed by atoms with van der Waals surface area (Å²) in [6, 6.07) is 7.76. The van der Waals surface area contributed by atoms with Gasteiger partial charge in [0.2, 0.25) is 5.82 Å². The monoisotopic (exact) mass is 394 g/mol. The fraction of sp³-hybridized carbons (Fsp3) is 0.211. The zero-order valence-electron chi connectivity index (χ0n) is 15.8. The first-order valence-electron chi connectivity index (χ1n) is 8.57. The van der Waals surface area contributed by atoms with Crippen LogP contribution in [0.2, 0.25) is 0 Å². The Hall–Kier alpha value is -3.33. The van der Waals surface area contributed by atoms with Crippen LogP contribution in [0.15, 0.2) is 29.6 Å². The molecule has 0 spiro atoms. The lowest BCUT2D eigenvalue weighted by Gasteiger charge is -2.07. The first-order chi connectivity index (χ1) is 13.4. The van der Waals surface area contributed by atoms with Gasteiger partial charge in [0.05, 0.1) is 12.8 Å². The molecular weight excluding hydrogens is 376 g/mol. The minimum Gasteiger partial charge on any atom is -0.496 e. The van der Waals surface area contributed by atoms with E-state index in [1.165, 1.54) is 11.3 Å². The lowest BCUT2D eigenvalue weighted by Crippen LogP contribution is -2.13. The summed E-state index contributed by atoms with van der Waals surface area (Å²) in [5, 5.41) is 9.33. The van der Waals surface area contributed by atoms with Crippen molar-refractivity contribution in [3.05, 3.63) is 52.4 Å². The van der Waals surface area contributed by atoms with E-state index in [-0.39, 0.29) is 5.82 Å². The Morgan fingerprint density at radius 3 is 2.75 bits per heavy atom. The predicted octanol–water partition coefficient (Wildman–Crippen LogP) is 3.43. The van der Waals surface area contributed by atoms with Crippen molar-refractivity contribution in [1.82, 2.24) is 24.6 Å². The molecule has 1 aromatic carbocycles. The molecule has 3 aromatic heterocycles. The highest BCUT2D eigenvalue weighted by Gasteiger charge is 2.17. The van der Waals surface area contributed by atoms with Crippen LogP contribution in [-0.4, -0.2) is 37.6 Å². The number of methoxy groups -OCH3 is 1. The Balaban J connectivity index is 1.60. The van der Waals surface area contributed by atoms with Crippen LogP contribution in [-0.2, 0) is 0 Å². The van der Waals surface area contributed by atoms with Gasteiger partial charge in [-0.1, -0.05) is 11.6 Å². The molecule has 4 aromatic rings. The molecule has 0 saturated heterocycles. The number of hydrogen-bond donors (Lipinski definition) is 1. The van der Waals surface area contributed by atoms with Gasteiger partial charge >= 0.3 is 0 Å². The maximum Gasteiger partial charge on any atom is 0.297 e. The van der Waals surface area contributed by atoms with Gasteiger partial charge in [-0.2, -0.15) is 4.98 Å². The van der Waals surface area contributed by atoms with Crippen molar-refractivity contribution in [3.63, 3.8) is 0 Å². The third kappa shape index (κ3) is 3.31. The molecule has 0 fully saturated rings. The minimum atomic E-state index is -0.431. The highest BCUT2D eigenvalue weighted by atomic mass is 32.1. The fourth-order valence-corrected chi connectivity index (χ4v) is 3.60. The molecular formula is C19H18N6O2S. The third-order valence-electron chi connectivity index (χ3n) is 4.18. The molecule has 3 heterocycles. The zero-order valence-corrected chi connectivity index (χ0v) is 16.7. The number of nitrogens with zero attached hydrogens (tertiary/aromatic N) is 5. The molecule has 0 aliphatic rings. The quantitative estimate of drug-likeness (QED) is 0.570. The zero-order chi connectivity index (χ0) is 19.8. The Morgan fingerprint density at radius 1 is 1.14 bits per heavy atom. The Labute approximate surface area is 165 Å². The van der Waals surface area contributed by atoms with Gasteiger partial charge in [-0.25, -0.2) is 14.5 Å². The van der Waals surface area contributed by atoms with E-state index in [4.69, 9.17) is 4.74 Å². The second-order valence-electron chi connectivity index (χ2n) is 6.38. The largest absolute Gasteiger partial charge is 0.496 e. The fourth-order valence-electron chi connectivity index (χ4n) is 2.89. The Morgan fingerprint density at radius 2 is 1.96 bits per heavy atom. The number of carbonyl (C=O) groups is 1. The number of thiazole rings is 1. The van der Waals surface area contributed by atoms with E-state index in [1.54, 1.807) is 11.6 Å². The van der Waals surface area contributed by atoms with Crippen LogP contribution in [0.1, 0.15) is 27.6 Å². The number of ether oxygens (including phenoxy) is 1. The van der Waals surface area contributed by atoms with Crippen LogP contribution >= 0.6 is 11.3 Å².